The Labute approximate surface area is 100 Å². The normalized spacial score (nSPS) is 10.7. The number of hydrogen-bond donors (Lipinski definition) is 1. The van der Waals surface area contributed by atoms with Gasteiger partial charge in [-0.15, -0.1) is 10.2 Å². The van der Waals surface area contributed by atoms with E-state index in [4.69, 9.17) is 5.11 Å². The largest absolute Gasteiger partial charge is 0.396 e. The van der Waals surface area contributed by atoms with Crippen LogP contribution in [-0.2, 0) is 0 Å². The number of aliphatic hydroxyl groups is 1. The second kappa shape index (κ2) is 5.54. The van der Waals surface area contributed by atoms with Crippen molar-refractivity contribution in [1.29, 1.82) is 0 Å². The molecular weight excluding hydrogens is 216 g/mol. The minimum atomic E-state index is 0.178. The van der Waals surface area contributed by atoms with E-state index >= 15 is 0 Å². The first-order valence-corrected chi connectivity index (χ1v) is 5.80. The summed E-state index contributed by atoms with van der Waals surface area (Å²) in [5, 5.41) is 17.1. The fraction of sp³-hybridized carbons (Fsp3) is 0.417. The van der Waals surface area contributed by atoms with Gasteiger partial charge in [0.15, 0.2) is 0 Å². The summed E-state index contributed by atoms with van der Waals surface area (Å²) in [5.41, 5.74) is 1.65. The van der Waals surface area contributed by atoms with Gasteiger partial charge in [-0.25, -0.2) is 4.98 Å². The second-order valence-electron chi connectivity index (χ2n) is 3.76. The van der Waals surface area contributed by atoms with E-state index in [9.17, 15) is 0 Å². The van der Waals surface area contributed by atoms with Crippen molar-refractivity contribution in [2.45, 2.75) is 13.3 Å². The summed E-state index contributed by atoms with van der Waals surface area (Å²) in [5.74, 6) is 0.625. The molecule has 90 valence electrons. The van der Waals surface area contributed by atoms with Crippen molar-refractivity contribution in [2.24, 2.45) is 0 Å². The van der Waals surface area contributed by atoms with Crippen molar-refractivity contribution in [3.63, 3.8) is 0 Å². The smallest absolute Gasteiger partial charge is 0.245 e. The Balaban J connectivity index is 2.27. The number of anilines is 1. The number of hydrogen-bond acceptors (Lipinski definition) is 5. The molecule has 5 heteroatoms. The molecular formula is C12H16N4O. The Morgan fingerprint density at radius 2 is 1.94 bits per heavy atom. The second-order valence-corrected chi connectivity index (χ2v) is 3.76. The number of para-hydroxylation sites is 1. The van der Waals surface area contributed by atoms with E-state index < -0.39 is 0 Å². The number of fused-ring (bicyclic) bond motifs is 1. The summed E-state index contributed by atoms with van der Waals surface area (Å²) in [6.07, 6.45) is 0.712. The lowest BCUT2D eigenvalue weighted by Crippen LogP contribution is -2.26. The number of rotatable bonds is 5. The molecule has 1 heterocycles. The first kappa shape index (κ1) is 11.7. The Bertz CT molecular complexity index is 489. The topological polar surface area (TPSA) is 62.1 Å². The van der Waals surface area contributed by atoms with Gasteiger partial charge in [-0.05, 0) is 25.5 Å². The van der Waals surface area contributed by atoms with E-state index in [1.54, 1.807) is 0 Å². The van der Waals surface area contributed by atoms with Gasteiger partial charge in [-0.2, -0.15) is 0 Å². The molecule has 1 aromatic carbocycles. The molecule has 0 fully saturated rings. The molecule has 0 amide bonds. The summed E-state index contributed by atoms with van der Waals surface area (Å²) in [7, 11) is 0. The lowest BCUT2D eigenvalue weighted by Gasteiger charge is -2.19. The predicted octanol–water partition coefficient (Wildman–Crippen LogP) is 1.23. The van der Waals surface area contributed by atoms with Crippen LogP contribution in [0.25, 0.3) is 11.0 Å². The van der Waals surface area contributed by atoms with Gasteiger partial charge in [0.25, 0.3) is 0 Å². The molecule has 2 rings (SSSR count). The van der Waals surface area contributed by atoms with Crippen molar-refractivity contribution in [1.82, 2.24) is 15.2 Å². The van der Waals surface area contributed by atoms with Crippen molar-refractivity contribution in [3.8, 4) is 0 Å². The molecule has 0 unspecified atom stereocenters. The molecule has 2 aromatic rings. The van der Waals surface area contributed by atoms with Crippen LogP contribution in [0.3, 0.4) is 0 Å². The fourth-order valence-electron chi connectivity index (χ4n) is 1.67. The third kappa shape index (κ3) is 2.68. The zero-order valence-electron chi connectivity index (χ0n) is 9.87. The Morgan fingerprint density at radius 1 is 1.18 bits per heavy atom. The molecule has 5 nitrogen and oxygen atoms in total. The lowest BCUT2D eigenvalue weighted by molar-refractivity contribution is 0.289. The summed E-state index contributed by atoms with van der Waals surface area (Å²) >= 11 is 0. The van der Waals surface area contributed by atoms with Gasteiger partial charge < -0.3 is 10.0 Å². The Hall–Kier alpha value is -1.75. The SMILES string of the molecule is CCN(CCCO)c1nnc2ccccc2n1. The molecule has 17 heavy (non-hydrogen) atoms. The standard InChI is InChI=1S/C12H16N4O/c1-2-16(8-5-9-17)12-13-10-6-3-4-7-11(10)14-15-12/h3-4,6-7,17H,2,5,8-9H2,1H3. The quantitative estimate of drug-likeness (QED) is 0.840. The van der Waals surface area contributed by atoms with Crippen molar-refractivity contribution in [2.75, 3.05) is 24.6 Å². The number of nitrogens with zero attached hydrogens (tertiary/aromatic N) is 4. The van der Waals surface area contributed by atoms with Gasteiger partial charge >= 0.3 is 0 Å². The molecule has 0 aliphatic rings. The maximum absolute atomic E-state index is 8.85. The molecule has 0 aliphatic heterocycles. The van der Waals surface area contributed by atoms with E-state index in [0.29, 0.717) is 12.4 Å². The van der Waals surface area contributed by atoms with Crippen molar-refractivity contribution >= 4 is 17.0 Å². The van der Waals surface area contributed by atoms with Gasteiger partial charge in [0, 0.05) is 19.7 Å². The van der Waals surface area contributed by atoms with Gasteiger partial charge in [-0.3, -0.25) is 0 Å². The van der Waals surface area contributed by atoms with Gasteiger partial charge in [-0.1, -0.05) is 12.1 Å². The number of benzene rings is 1. The maximum Gasteiger partial charge on any atom is 0.245 e. The average molecular weight is 232 g/mol. The highest BCUT2D eigenvalue weighted by atomic mass is 16.3. The van der Waals surface area contributed by atoms with Crippen LogP contribution in [0, 0.1) is 0 Å². The van der Waals surface area contributed by atoms with Gasteiger partial charge in [0.1, 0.15) is 5.52 Å². The summed E-state index contributed by atoms with van der Waals surface area (Å²) in [6.45, 7) is 3.76. The zero-order chi connectivity index (χ0) is 12.1. The summed E-state index contributed by atoms with van der Waals surface area (Å²) < 4.78 is 0. The maximum atomic E-state index is 8.85. The highest BCUT2D eigenvalue weighted by Crippen LogP contribution is 2.12. The first-order valence-electron chi connectivity index (χ1n) is 5.80. The highest BCUT2D eigenvalue weighted by Gasteiger charge is 2.08. The molecule has 0 bridgehead atoms. The molecule has 0 spiro atoms. The van der Waals surface area contributed by atoms with E-state index in [1.165, 1.54) is 0 Å². The third-order valence-corrected chi connectivity index (χ3v) is 2.60. The van der Waals surface area contributed by atoms with Crippen LogP contribution in [-0.4, -0.2) is 40.0 Å². The van der Waals surface area contributed by atoms with Crippen molar-refractivity contribution < 1.29 is 5.11 Å². The monoisotopic (exact) mass is 232 g/mol. The minimum Gasteiger partial charge on any atom is -0.396 e. The van der Waals surface area contributed by atoms with E-state index in [2.05, 4.69) is 15.2 Å². The van der Waals surface area contributed by atoms with Crippen LogP contribution in [0.15, 0.2) is 24.3 Å². The fourth-order valence-corrected chi connectivity index (χ4v) is 1.67. The van der Waals surface area contributed by atoms with Crippen molar-refractivity contribution in [3.05, 3.63) is 24.3 Å². The molecule has 0 radical (unpaired) electrons. The molecule has 0 atom stereocenters. The number of aromatic nitrogens is 3. The minimum absolute atomic E-state index is 0.178. The van der Waals surface area contributed by atoms with E-state index in [-0.39, 0.29) is 6.61 Å². The zero-order valence-corrected chi connectivity index (χ0v) is 9.87. The molecule has 1 N–H and O–H groups in total. The number of aliphatic hydroxyl groups excluding tert-OH is 1. The third-order valence-electron chi connectivity index (χ3n) is 2.60. The Morgan fingerprint density at radius 3 is 2.65 bits per heavy atom. The van der Waals surface area contributed by atoms with Gasteiger partial charge in [0.05, 0.1) is 5.52 Å². The van der Waals surface area contributed by atoms with Crippen LogP contribution in [0.5, 0.6) is 0 Å². The summed E-state index contributed by atoms with van der Waals surface area (Å²) in [6, 6.07) is 7.67. The van der Waals surface area contributed by atoms with Crippen LogP contribution < -0.4 is 4.90 Å². The van der Waals surface area contributed by atoms with Crippen LogP contribution >= 0.6 is 0 Å². The molecule has 1 aromatic heterocycles. The van der Waals surface area contributed by atoms with E-state index in [0.717, 1.165) is 24.1 Å². The molecule has 0 saturated heterocycles. The summed E-state index contributed by atoms with van der Waals surface area (Å²) in [4.78, 5) is 6.48. The molecule has 0 aliphatic carbocycles. The first-order chi connectivity index (χ1) is 8.35. The highest BCUT2D eigenvalue weighted by molar-refractivity contribution is 5.74. The Kier molecular flexibility index (Phi) is 3.82. The van der Waals surface area contributed by atoms with Gasteiger partial charge in [0.2, 0.25) is 5.95 Å². The van der Waals surface area contributed by atoms with E-state index in [1.807, 2.05) is 36.1 Å². The van der Waals surface area contributed by atoms with Crippen LogP contribution in [0.1, 0.15) is 13.3 Å². The van der Waals surface area contributed by atoms with Crippen LogP contribution in [0.2, 0.25) is 0 Å². The predicted molar refractivity (Wildman–Crippen MR) is 66.9 cm³/mol. The molecule has 0 saturated carbocycles. The average Bonchev–Trinajstić information content (AvgIpc) is 2.39. The lowest BCUT2D eigenvalue weighted by atomic mass is 10.3. The van der Waals surface area contributed by atoms with Crippen LogP contribution in [0.4, 0.5) is 5.95 Å².